The first-order valence-corrected chi connectivity index (χ1v) is 3.95. The van der Waals surface area contributed by atoms with Gasteiger partial charge < -0.3 is 9.15 Å². The Labute approximate surface area is 69.7 Å². The third-order valence-corrected chi connectivity index (χ3v) is 1.37. The Morgan fingerprint density at radius 3 is 3.08 bits per heavy atom. The van der Waals surface area contributed by atoms with E-state index in [2.05, 4.69) is 14.6 Å². The Bertz CT molecular complexity index is 266. The number of rotatable bonds is 5. The number of ether oxygens (including phenoxy) is 1. The molecule has 5 nitrogen and oxygen atoms in total. The van der Waals surface area contributed by atoms with Crippen LogP contribution < -0.4 is 5.76 Å². The van der Waals surface area contributed by atoms with Crippen molar-refractivity contribution in [1.82, 2.24) is 10.2 Å². The highest BCUT2D eigenvalue weighted by atomic mass is 16.5. The summed E-state index contributed by atoms with van der Waals surface area (Å²) in [5, 5.41) is 5.85. The maximum absolute atomic E-state index is 10.5. The van der Waals surface area contributed by atoms with Crippen LogP contribution in [-0.2, 0) is 11.2 Å². The van der Waals surface area contributed by atoms with Crippen LogP contribution in [0.1, 0.15) is 19.2 Å². The van der Waals surface area contributed by atoms with Gasteiger partial charge in [-0.25, -0.2) is 9.89 Å². The zero-order chi connectivity index (χ0) is 8.81. The molecule has 0 amide bonds. The smallest absolute Gasteiger partial charge is 0.393 e. The van der Waals surface area contributed by atoms with Crippen LogP contribution in [0.5, 0.6) is 0 Å². The fourth-order valence-corrected chi connectivity index (χ4v) is 0.837. The van der Waals surface area contributed by atoms with Crippen molar-refractivity contribution >= 4 is 0 Å². The molecule has 0 saturated heterocycles. The van der Waals surface area contributed by atoms with Gasteiger partial charge in [0.05, 0.1) is 0 Å². The molecular formula is C7H12N2O3. The van der Waals surface area contributed by atoms with Crippen molar-refractivity contribution in [3.63, 3.8) is 0 Å². The molecule has 0 fully saturated rings. The predicted octanol–water partition coefficient (Wildman–Crippen LogP) is 0.332. The molecule has 0 radical (unpaired) electrons. The van der Waals surface area contributed by atoms with Crippen molar-refractivity contribution in [3.8, 4) is 0 Å². The lowest BCUT2D eigenvalue weighted by atomic mass is 10.3. The van der Waals surface area contributed by atoms with Crippen molar-refractivity contribution < 1.29 is 9.15 Å². The van der Waals surface area contributed by atoms with E-state index in [4.69, 9.17) is 4.74 Å². The molecule has 0 atom stereocenters. The van der Waals surface area contributed by atoms with Gasteiger partial charge in [0.25, 0.3) is 0 Å². The van der Waals surface area contributed by atoms with Crippen molar-refractivity contribution in [2.45, 2.75) is 19.8 Å². The third-order valence-electron chi connectivity index (χ3n) is 1.37. The van der Waals surface area contributed by atoms with Gasteiger partial charge in [-0.2, -0.15) is 0 Å². The van der Waals surface area contributed by atoms with Crippen LogP contribution in [0, 0.1) is 0 Å². The molecular weight excluding hydrogens is 160 g/mol. The molecule has 0 spiro atoms. The lowest BCUT2D eigenvalue weighted by Gasteiger charge is -1.96. The Hall–Kier alpha value is -1.10. The summed E-state index contributed by atoms with van der Waals surface area (Å²) in [6.45, 7) is 3.33. The van der Waals surface area contributed by atoms with Gasteiger partial charge in [0.15, 0.2) is 0 Å². The van der Waals surface area contributed by atoms with E-state index in [9.17, 15) is 4.79 Å². The normalized spacial score (nSPS) is 10.4. The number of nitrogens with one attached hydrogen (secondary N) is 1. The molecule has 0 aliphatic carbocycles. The minimum Gasteiger partial charge on any atom is -0.393 e. The molecule has 1 rings (SSSR count). The molecule has 0 aliphatic rings. The molecule has 1 aromatic heterocycles. The van der Waals surface area contributed by atoms with Crippen LogP contribution in [0.3, 0.4) is 0 Å². The Balaban J connectivity index is 2.20. The molecule has 1 aromatic rings. The second kappa shape index (κ2) is 4.71. The number of H-pyrrole nitrogens is 1. The number of hydrogen-bond donors (Lipinski definition) is 1. The van der Waals surface area contributed by atoms with Gasteiger partial charge in [-0.3, -0.25) is 0 Å². The zero-order valence-corrected chi connectivity index (χ0v) is 7.00. The summed E-state index contributed by atoms with van der Waals surface area (Å²) in [4.78, 5) is 10.5. The van der Waals surface area contributed by atoms with E-state index in [0.29, 0.717) is 25.5 Å². The van der Waals surface area contributed by atoms with Crippen molar-refractivity contribution in [2.75, 3.05) is 13.2 Å². The van der Waals surface area contributed by atoms with Gasteiger partial charge in [-0.1, -0.05) is 0 Å². The number of nitrogens with zero attached hydrogens (tertiary/aromatic N) is 1. The molecule has 0 aliphatic heterocycles. The second-order valence-corrected chi connectivity index (χ2v) is 2.31. The number of aromatic nitrogens is 2. The van der Waals surface area contributed by atoms with E-state index in [0.717, 1.165) is 6.42 Å². The molecule has 0 aromatic carbocycles. The van der Waals surface area contributed by atoms with E-state index >= 15 is 0 Å². The van der Waals surface area contributed by atoms with Gasteiger partial charge in [0.1, 0.15) is 0 Å². The van der Waals surface area contributed by atoms with E-state index in [1.807, 2.05) is 6.92 Å². The third kappa shape index (κ3) is 2.87. The lowest BCUT2D eigenvalue weighted by molar-refractivity contribution is 0.143. The Kier molecular flexibility index (Phi) is 3.53. The number of hydrogen-bond acceptors (Lipinski definition) is 4. The summed E-state index contributed by atoms with van der Waals surface area (Å²) in [5.41, 5.74) is 0. The van der Waals surface area contributed by atoms with Gasteiger partial charge in [-0.15, -0.1) is 5.10 Å². The highest BCUT2D eigenvalue weighted by Gasteiger charge is 1.99. The lowest BCUT2D eigenvalue weighted by Crippen LogP contribution is -1.96. The summed E-state index contributed by atoms with van der Waals surface area (Å²) >= 11 is 0. The standard InChI is InChI=1S/C7H12N2O3/c1-2-11-5-3-4-6-8-9-7(10)12-6/h2-5H2,1H3,(H,9,10). The van der Waals surface area contributed by atoms with E-state index in [-0.39, 0.29) is 0 Å². The van der Waals surface area contributed by atoms with E-state index < -0.39 is 5.76 Å². The minimum absolute atomic E-state index is 0.444. The fraction of sp³-hybridized carbons (Fsp3) is 0.714. The molecule has 5 heteroatoms. The SMILES string of the molecule is CCOCCCc1n[nH]c(=O)o1. The maximum Gasteiger partial charge on any atom is 0.434 e. The maximum atomic E-state index is 10.5. The molecule has 12 heavy (non-hydrogen) atoms. The van der Waals surface area contributed by atoms with Crippen LogP contribution in [-0.4, -0.2) is 23.4 Å². The Morgan fingerprint density at radius 1 is 1.67 bits per heavy atom. The second-order valence-electron chi connectivity index (χ2n) is 2.31. The summed E-state index contributed by atoms with van der Waals surface area (Å²) in [6.07, 6.45) is 1.46. The summed E-state index contributed by atoms with van der Waals surface area (Å²) < 4.78 is 9.79. The molecule has 0 bridgehead atoms. The topological polar surface area (TPSA) is 68.1 Å². The van der Waals surface area contributed by atoms with Crippen LogP contribution in [0.2, 0.25) is 0 Å². The predicted molar refractivity (Wildman–Crippen MR) is 41.9 cm³/mol. The monoisotopic (exact) mass is 172 g/mol. The van der Waals surface area contributed by atoms with Gasteiger partial charge in [0.2, 0.25) is 5.89 Å². The molecule has 68 valence electrons. The van der Waals surface area contributed by atoms with Crippen molar-refractivity contribution in [2.24, 2.45) is 0 Å². The number of aromatic amines is 1. The minimum atomic E-state index is -0.499. The largest absolute Gasteiger partial charge is 0.434 e. The van der Waals surface area contributed by atoms with Crippen molar-refractivity contribution in [1.29, 1.82) is 0 Å². The highest BCUT2D eigenvalue weighted by molar-refractivity contribution is 4.72. The summed E-state index contributed by atoms with van der Waals surface area (Å²) in [6, 6.07) is 0. The molecule has 0 unspecified atom stereocenters. The first kappa shape index (κ1) is 8.99. The van der Waals surface area contributed by atoms with E-state index in [1.54, 1.807) is 0 Å². The quantitative estimate of drug-likeness (QED) is 0.650. The van der Waals surface area contributed by atoms with Crippen LogP contribution >= 0.6 is 0 Å². The van der Waals surface area contributed by atoms with Gasteiger partial charge in [-0.05, 0) is 13.3 Å². The average Bonchev–Trinajstić information content (AvgIpc) is 2.45. The molecule has 1 heterocycles. The van der Waals surface area contributed by atoms with Crippen LogP contribution in [0.15, 0.2) is 9.21 Å². The molecule has 0 saturated carbocycles. The molecule has 1 N–H and O–H groups in total. The first-order valence-electron chi connectivity index (χ1n) is 3.95. The van der Waals surface area contributed by atoms with Crippen LogP contribution in [0.25, 0.3) is 0 Å². The van der Waals surface area contributed by atoms with Crippen LogP contribution in [0.4, 0.5) is 0 Å². The van der Waals surface area contributed by atoms with E-state index in [1.165, 1.54) is 0 Å². The Morgan fingerprint density at radius 2 is 2.50 bits per heavy atom. The first-order chi connectivity index (χ1) is 5.83. The fourth-order valence-electron chi connectivity index (χ4n) is 0.837. The number of aryl methyl sites for hydroxylation is 1. The van der Waals surface area contributed by atoms with Gasteiger partial charge >= 0.3 is 5.76 Å². The summed E-state index contributed by atoms with van der Waals surface area (Å²) in [5.74, 6) is -0.0545. The highest BCUT2D eigenvalue weighted by Crippen LogP contribution is 1.94. The van der Waals surface area contributed by atoms with Crippen molar-refractivity contribution in [3.05, 3.63) is 16.4 Å². The van der Waals surface area contributed by atoms with Gasteiger partial charge in [0, 0.05) is 19.6 Å². The summed E-state index contributed by atoms with van der Waals surface area (Å²) in [7, 11) is 0. The zero-order valence-electron chi connectivity index (χ0n) is 7.00. The average molecular weight is 172 g/mol.